The highest BCUT2D eigenvalue weighted by Crippen LogP contribution is 2.40. The van der Waals surface area contributed by atoms with Crippen LogP contribution in [0.4, 0.5) is 0 Å². The first kappa shape index (κ1) is 12.9. The SMILES string of the molecule is CC1=CCC2C(=C1)OC=C(C1CCC(O)CC1)C2O. The summed E-state index contributed by atoms with van der Waals surface area (Å²) in [5.41, 5.74) is 2.23. The second kappa shape index (κ2) is 5.14. The average molecular weight is 262 g/mol. The summed E-state index contributed by atoms with van der Waals surface area (Å²) < 4.78 is 5.75. The number of hydrogen-bond donors (Lipinski definition) is 2. The standard InChI is InChI=1S/C16H22O3/c1-10-2-7-13-15(8-10)19-9-14(16(13)18)11-3-5-12(17)6-4-11/h2,8-9,11-13,16-18H,3-7H2,1H3. The van der Waals surface area contributed by atoms with Crippen LogP contribution < -0.4 is 0 Å². The van der Waals surface area contributed by atoms with Crippen LogP contribution in [-0.2, 0) is 4.74 Å². The number of aliphatic hydroxyl groups is 2. The molecule has 0 aromatic rings. The van der Waals surface area contributed by atoms with E-state index >= 15 is 0 Å². The van der Waals surface area contributed by atoms with Gasteiger partial charge in [-0.05, 0) is 56.6 Å². The minimum absolute atomic E-state index is 0.0792. The maximum absolute atomic E-state index is 10.6. The van der Waals surface area contributed by atoms with E-state index in [4.69, 9.17) is 4.74 Å². The van der Waals surface area contributed by atoms with Crippen LogP contribution in [0.25, 0.3) is 0 Å². The lowest BCUT2D eigenvalue weighted by molar-refractivity contribution is 0.0710. The predicted molar refractivity (Wildman–Crippen MR) is 73.1 cm³/mol. The summed E-state index contributed by atoms with van der Waals surface area (Å²) in [5, 5.41) is 20.2. The minimum atomic E-state index is -0.426. The summed E-state index contributed by atoms with van der Waals surface area (Å²) >= 11 is 0. The third kappa shape index (κ3) is 2.49. The molecule has 0 aromatic heterocycles. The van der Waals surface area contributed by atoms with E-state index in [9.17, 15) is 10.2 Å². The molecule has 3 rings (SSSR count). The van der Waals surface area contributed by atoms with Gasteiger partial charge in [0.2, 0.25) is 0 Å². The van der Waals surface area contributed by atoms with Crippen LogP contribution in [0.1, 0.15) is 39.0 Å². The average Bonchev–Trinajstić information content (AvgIpc) is 2.40. The normalized spacial score (nSPS) is 38.6. The molecule has 3 heteroatoms. The van der Waals surface area contributed by atoms with E-state index in [0.717, 1.165) is 43.4 Å². The van der Waals surface area contributed by atoms with Crippen molar-refractivity contribution in [2.45, 2.75) is 51.2 Å². The van der Waals surface area contributed by atoms with E-state index in [1.807, 2.05) is 6.08 Å². The van der Waals surface area contributed by atoms with Gasteiger partial charge in [0.1, 0.15) is 5.76 Å². The second-order valence-electron chi connectivity index (χ2n) is 6.02. The molecule has 0 aromatic carbocycles. The van der Waals surface area contributed by atoms with E-state index in [0.29, 0.717) is 5.92 Å². The smallest absolute Gasteiger partial charge is 0.110 e. The molecular weight excluding hydrogens is 240 g/mol. The molecule has 0 amide bonds. The van der Waals surface area contributed by atoms with Crippen molar-refractivity contribution in [3.63, 3.8) is 0 Å². The van der Waals surface area contributed by atoms with Gasteiger partial charge < -0.3 is 14.9 Å². The highest BCUT2D eigenvalue weighted by Gasteiger charge is 2.36. The van der Waals surface area contributed by atoms with Crippen LogP contribution in [0.15, 0.2) is 35.3 Å². The fourth-order valence-electron chi connectivity index (χ4n) is 3.41. The Morgan fingerprint density at radius 1 is 1.16 bits per heavy atom. The fourth-order valence-corrected chi connectivity index (χ4v) is 3.41. The summed E-state index contributed by atoms with van der Waals surface area (Å²) in [7, 11) is 0. The van der Waals surface area contributed by atoms with E-state index < -0.39 is 6.10 Å². The van der Waals surface area contributed by atoms with Gasteiger partial charge >= 0.3 is 0 Å². The summed E-state index contributed by atoms with van der Waals surface area (Å²) in [4.78, 5) is 0. The summed E-state index contributed by atoms with van der Waals surface area (Å²) in [6.45, 7) is 2.06. The molecule has 0 spiro atoms. The van der Waals surface area contributed by atoms with Gasteiger partial charge in [-0.15, -0.1) is 0 Å². The molecule has 2 atom stereocenters. The number of allylic oxidation sites excluding steroid dienone is 3. The van der Waals surface area contributed by atoms with Crippen molar-refractivity contribution in [3.8, 4) is 0 Å². The Bertz CT molecular complexity index is 439. The molecule has 19 heavy (non-hydrogen) atoms. The van der Waals surface area contributed by atoms with Gasteiger partial charge in [0.15, 0.2) is 0 Å². The Morgan fingerprint density at radius 2 is 1.89 bits per heavy atom. The molecule has 2 aliphatic carbocycles. The molecule has 104 valence electrons. The van der Waals surface area contributed by atoms with Gasteiger partial charge in [-0.1, -0.05) is 11.6 Å². The van der Waals surface area contributed by atoms with Gasteiger partial charge in [0, 0.05) is 0 Å². The van der Waals surface area contributed by atoms with Crippen LogP contribution in [0.2, 0.25) is 0 Å². The first-order valence-electron chi connectivity index (χ1n) is 7.26. The summed E-state index contributed by atoms with van der Waals surface area (Å²) in [6.07, 6.45) is 9.78. The highest BCUT2D eigenvalue weighted by atomic mass is 16.5. The molecule has 1 saturated carbocycles. The molecule has 2 unspecified atom stereocenters. The zero-order chi connectivity index (χ0) is 13.4. The van der Waals surface area contributed by atoms with Gasteiger partial charge in [-0.25, -0.2) is 0 Å². The zero-order valence-corrected chi connectivity index (χ0v) is 11.4. The van der Waals surface area contributed by atoms with Crippen molar-refractivity contribution >= 4 is 0 Å². The van der Waals surface area contributed by atoms with Crippen LogP contribution in [0, 0.1) is 11.8 Å². The van der Waals surface area contributed by atoms with E-state index in [-0.39, 0.29) is 12.0 Å². The predicted octanol–water partition coefficient (Wildman–Crippen LogP) is 2.66. The van der Waals surface area contributed by atoms with Crippen LogP contribution in [0.5, 0.6) is 0 Å². The zero-order valence-electron chi connectivity index (χ0n) is 11.4. The Balaban J connectivity index is 1.76. The van der Waals surface area contributed by atoms with Crippen LogP contribution in [0.3, 0.4) is 0 Å². The lowest BCUT2D eigenvalue weighted by Crippen LogP contribution is -2.34. The lowest BCUT2D eigenvalue weighted by Gasteiger charge is -2.37. The third-order valence-corrected chi connectivity index (χ3v) is 4.65. The molecule has 0 radical (unpaired) electrons. The van der Waals surface area contributed by atoms with E-state index in [2.05, 4.69) is 13.0 Å². The highest BCUT2D eigenvalue weighted by molar-refractivity contribution is 5.31. The van der Waals surface area contributed by atoms with Crippen molar-refractivity contribution in [2.75, 3.05) is 0 Å². The number of rotatable bonds is 1. The molecular formula is C16H22O3. The molecule has 1 aliphatic heterocycles. The largest absolute Gasteiger partial charge is 0.469 e. The van der Waals surface area contributed by atoms with E-state index in [1.165, 1.54) is 5.57 Å². The maximum atomic E-state index is 10.6. The topological polar surface area (TPSA) is 49.7 Å². The monoisotopic (exact) mass is 262 g/mol. The number of hydrogen-bond acceptors (Lipinski definition) is 3. The molecule has 0 bridgehead atoms. The van der Waals surface area contributed by atoms with E-state index in [1.54, 1.807) is 6.26 Å². The Kier molecular flexibility index (Phi) is 3.50. The molecule has 3 aliphatic rings. The van der Waals surface area contributed by atoms with Gasteiger partial charge in [-0.3, -0.25) is 0 Å². The van der Waals surface area contributed by atoms with Crippen molar-refractivity contribution < 1.29 is 14.9 Å². The molecule has 0 saturated heterocycles. The van der Waals surface area contributed by atoms with Gasteiger partial charge in [-0.2, -0.15) is 0 Å². The maximum Gasteiger partial charge on any atom is 0.110 e. The van der Waals surface area contributed by atoms with Crippen LogP contribution >= 0.6 is 0 Å². The summed E-state index contributed by atoms with van der Waals surface area (Å²) in [5.74, 6) is 1.34. The first-order chi connectivity index (χ1) is 9.15. The fraction of sp³-hybridized carbons (Fsp3) is 0.625. The van der Waals surface area contributed by atoms with Crippen molar-refractivity contribution in [2.24, 2.45) is 11.8 Å². The minimum Gasteiger partial charge on any atom is -0.469 e. The third-order valence-electron chi connectivity index (χ3n) is 4.65. The Hall–Kier alpha value is -1.06. The van der Waals surface area contributed by atoms with Crippen molar-refractivity contribution in [1.29, 1.82) is 0 Å². The van der Waals surface area contributed by atoms with Crippen LogP contribution in [-0.4, -0.2) is 22.4 Å². The Labute approximate surface area is 114 Å². The first-order valence-corrected chi connectivity index (χ1v) is 7.26. The Morgan fingerprint density at radius 3 is 2.63 bits per heavy atom. The van der Waals surface area contributed by atoms with Gasteiger partial charge in [0.05, 0.1) is 24.4 Å². The number of aliphatic hydroxyl groups excluding tert-OH is 2. The lowest BCUT2D eigenvalue weighted by atomic mass is 9.76. The molecule has 2 N–H and O–H groups in total. The molecule has 1 heterocycles. The quantitative estimate of drug-likeness (QED) is 0.764. The number of ether oxygens (including phenoxy) is 1. The molecule has 1 fully saturated rings. The second-order valence-corrected chi connectivity index (χ2v) is 6.02. The summed E-state index contributed by atoms with van der Waals surface area (Å²) in [6, 6.07) is 0. The van der Waals surface area contributed by atoms with Crippen molar-refractivity contribution in [3.05, 3.63) is 35.3 Å². The number of fused-ring (bicyclic) bond motifs is 1. The van der Waals surface area contributed by atoms with Crippen molar-refractivity contribution in [1.82, 2.24) is 0 Å². The molecule has 3 nitrogen and oxygen atoms in total. The van der Waals surface area contributed by atoms with Gasteiger partial charge in [0.25, 0.3) is 0 Å².